The number of carbonyl (C=O) groups excluding carboxylic acids is 2. The Hall–Kier alpha value is -5.06. The Balaban J connectivity index is 1.75. The van der Waals surface area contributed by atoms with Crippen LogP contribution in [-0.4, -0.2) is 62.6 Å². The Bertz CT molecular complexity index is 1600. The molecule has 4 aromatic carbocycles. The maximum absolute atomic E-state index is 14.0. The van der Waals surface area contributed by atoms with Crippen LogP contribution in [-0.2, 0) is 20.8 Å². The maximum Gasteiger partial charge on any atom is 0.229 e. The molecule has 4 rings (SSSR count). The van der Waals surface area contributed by atoms with Gasteiger partial charge in [0.05, 0.1) is 40.5 Å². The molecule has 284 valence electrons. The van der Waals surface area contributed by atoms with E-state index in [1.807, 2.05) is 27.7 Å². The molecule has 0 aliphatic heterocycles. The second-order valence-corrected chi connectivity index (χ2v) is 14.0. The van der Waals surface area contributed by atoms with Crippen molar-refractivity contribution in [1.29, 1.82) is 0 Å². The summed E-state index contributed by atoms with van der Waals surface area (Å²) in [5, 5.41) is 31.9. The van der Waals surface area contributed by atoms with Gasteiger partial charge in [0.1, 0.15) is 40.6 Å². The molecule has 0 aromatic heterocycles. The molecule has 53 heavy (non-hydrogen) atoms. The van der Waals surface area contributed by atoms with Gasteiger partial charge in [0.2, 0.25) is 11.8 Å². The van der Waals surface area contributed by atoms with E-state index >= 15 is 0 Å². The van der Waals surface area contributed by atoms with Gasteiger partial charge in [-0.1, -0.05) is 100 Å². The minimum atomic E-state index is -1.83. The molecule has 10 nitrogen and oxygen atoms in total. The number of aliphatic hydroxyl groups is 2. The molecule has 0 saturated heterocycles. The molecule has 0 fully saturated rings. The first-order valence-electron chi connectivity index (χ1n) is 17.9. The third kappa shape index (κ3) is 8.95. The molecule has 0 radical (unpaired) electrons. The van der Waals surface area contributed by atoms with Crippen LogP contribution in [0.3, 0.4) is 0 Å². The number of hydrogen-bond donors (Lipinski definition) is 4. The lowest BCUT2D eigenvalue weighted by molar-refractivity contribution is -0.132. The number of carbonyl (C=O) groups is 2. The van der Waals surface area contributed by atoms with Crippen molar-refractivity contribution < 1.29 is 38.7 Å². The lowest BCUT2D eigenvalue weighted by Gasteiger charge is -2.40. The first-order valence-corrected chi connectivity index (χ1v) is 17.9. The largest absolute Gasteiger partial charge is 0.496 e. The van der Waals surface area contributed by atoms with Crippen molar-refractivity contribution in [2.75, 3.05) is 28.4 Å². The van der Waals surface area contributed by atoms with Crippen LogP contribution in [0.15, 0.2) is 97.1 Å². The van der Waals surface area contributed by atoms with Crippen molar-refractivity contribution in [1.82, 2.24) is 10.6 Å². The Kier molecular flexibility index (Phi) is 13.9. The molecule has 0 aliphatic carbocycles. The summed E-state index contributed by atoms with van der Waals surface area (Å²) < 4.78 is 22.8. The van der Waals surface area contributed by atoms with Crippen LogP contribution >= 0.6 is 0 Å². The number of para-hydroxylation sites is 4. The summed E-state index contributed by atoms with van der Waals surface area (Å²) in [6, 6.07) is 26.5. The molecular weight excluding hydrogens is 672 g/mol. The van der Waals surface area contributed by atoms with Crippen molar-refractivity contribution >= 4 is 11.8 Å². The van der Waals surface area contributed by atoms with Crippen molar-refractivity contribution in [3.05, 3.63) is 119 Å². The first kappa shape index (κ1) is 40.7. The van der Waals surface area contributed by atoms with Gasteiger partial charge in [-0.15, -0.1) is 0 Å². The van der Waals surface area contributed by atoms with Crippen LogP contribution in [0.25, 0.3) is 0 Å². The van der Waals surface area contributed by atoms with Crippen LogP contribution in [0, 0.1) is 11.8 Å². The van der Waals surface area contributed by atoms with Gasteiger partial charge in [0.25, 0.3) is 0 Å². The van der Waals surface area contributed by atoms with E-state index in [-0.39, 0.29) is 11.8 Å². The summed E-state index contributed by atoms with van der Waals surface area (Å²) in [5.41, 5.74) is -1.94. The lowest BCUT2D eigenvalue weighted by atomic mass is 9.76. The van der Waals surface area contributed by atoms with Crippen LogP contribution in [0.2, 0.25) is 0 Å². The van der Waals surface area contributed by atoms with Crippen molar-refractivity contribution in [2.24, 2.45) is 11.8 Å². The topological polar surface area (TPSA) is 136 Å². The highest BCUT2D eigenvalue weighted by molar-refractivity contribution is 5.97. The van der Waals surface area contributed by atoms with Crippen molar-refractivity contribution in [3.8, 4) is 23.0 Å². The molecule has 2 atom stereocenters. The summed E-state index contributed by atoms with van der Waals surface area (Å²) in [4.78, 5) is 28.0. The number of benzene rings is 4. The quantitative estimate of drug-likeness (QED) is 0.0873. The van der Waals surface area contributed by atoms with Gasteiger partial charge in [0, 0.05) is 22.3 Å². The molecule has 0 heterocycles. The predicted molar refractivity (Wildman–Crippen MR) is 205 cm³/mol. The van der Waals surface area contributed by atoms with E-state index in [0.717, 1.165) is 0 Å². The van der Waals surface area contributed by atoms with E-state index in [9.17, 15) is 19.8 Å². The van der Waals surface area contributed by atoms with E-state index in [1.165, 1.54) is 28.4 Å². The smallest absolute Gasteiger partial charge is 0.229 e. The number of ether oxygens (including phenoxy) is 4. The first-order chi connectivity index (χ1) is 25.3. The Morgan fingerprint density at radius 2 is 0.755 bits per heavy atom. The fourth-order valence-corrected chi connectivity index (χ4v) is 7.13. The highest BCUT2D eigenvalue weighted by Crippen LogP contribution is 2.45. The second kappa shape index (κ2) is 18.1. The number of rotatable bonds is 18. The highest BCUT2D eigenvalue weighted by atomic mass is 16.5. The highest BCUT2D eigenvalue weighted by Gasteiger charge is 2.47. The van der Waals surface area contributed by atoms with E-state index < -0.39 is 41.5 Å². The fourth-order valence-electron chi connectivity index (χ4n) is 7.13. The minimum absolute atomic E-state index is 0.0252. The third-order valence-electron chi connectivity index (χ3n) is 9.48. The van der Waals surface area contributed by atoms with Gasteiger partial charge in [-0.2, -0.15) is 0 Å². The predicted octanol–water partition coefficient (Wildman–Crippen LogP) is 6.34. The summed E-state index contributed by atoms with van der Waals surface area (Å²) in [6.45, 7) is 7.96. The minimum Gasteiger partial charge on any atom is -0.496 e. The average molecular weight is 727 g/mol. The Labute approximate surface area is 313 Å². The van der Waals surface area contributed by atoms with Crippen LogP contribution < -0.4 is 29.6 Å². The average Bonchev–Trinajstić information content (AvgIpc) is 3.16. The zero-order valence-electron chi connectivity index (χ0n) is 32.0. The van der Waals surface area contributed by atoms with Crippen molar-refractivity contribution in [3.63, 3.8) is 0 Å². The van der Waals surface area contributed by atoms with Gasteiger partial charge < -0.3 is 39.8 Å². The van der Waals surface area contributed by atoms with Crippen LogP contribution in [0.1, 0.15) is 69.2 Å². The lowest BCUT2D eigenvalue weighted by Crippen LogP contribution is -2.55. The second-order valence-electron chi connectivity index (χ2n) is 14.0. The molecule has 0 unspecified atom stereocenters. The third-order valence-corrected chi connectivity index (χ3v) is 9.48. The fraction of sp³-hybridized carbons (Fsp3) is 0.395. The zero-order valence-corrected chi connectivity index (χ0v) is 32.0. The molecule has 0 spiro atoms. The van der Waals surface area contributed by atoms with Gasteiger partial charge in [-0.3, -0.25) is 9.59 Å². The molecule has 10 heteroatoms. The summed E-state index contributed by atoms with van der Waals surface area (Å²) in [6.07, 6.45) is 0.111. The summed E-state index contributed by atoms with van der Waals surface area (Å²) >= 11 is 0. The normalized spacial score (nSPS) is 12.9. The summed E-state index contributed by atoms with van der Waals surface area (Å²) in [5.74, 6) is 0.510. The van der Waals surface area contributed by atoms with Gasteiger partial charge in [-0.25, -0.2) is 0 Å². The van der Waals surface area contributed by atoms with Gasteiger partial charge in [-0.05, 0) is 48.9 Å². The molecule has 0 bridgehead atoms. The Morgan fingerprint density at radius 3 is 0.981 bits per heavy atom. The van der Waals surface area contributed by atoms with Crippen molar-refractivity contribution in [2.45, 2.75) is 70.2 Å². The number of methoxy groups -OCH3 is 4. The van der Waals surface area contributed by atoms with E-state index in [4.69, 9.17) is 18.9 Å². The van der Waals surface area contributed by atoms with E-state index in [1.54, 1.807) is 97.1 Å². The molecule has 2 amide bonds. The number of hydrogen-bond acceptors (Lipinski definition) is 8. The molecule has 4 N–H and O–H groups in total. The molecular formula is C43H54N2O8. The maximum atomic E-state index is 14.0. The molecule has 0 saturated carbocycles. The summed E-state index contributed by atoms with van der Waals surface area (Å²) in [7, 11) is 6.08. The number of nitrogens with one attached hydrogen (secondary N) is 2. The number of amides is 2. The van der Waals surface area contributed by atoms with E-state index in [0.29, 0.717) is 58.1 Å². The molecule has 4 aromatic rings. The standard InChI is InChI=1S/C43H54N2O8/c1-28(2)25-38(42(48,30-17-9-13-21-34(30)50-5)31-18-10-14-22-35(31)51-6)44-40(46)27-41(47)45-39(26-29(3)4)43(49,32-19-11-15-23-36(32)52-7)33-20-12-16-24-37(33)53-8/h9-24,28-29,38-39,48-49H,25-27H2,1-8H3,(H,44,46)(H,45,47)/t38-,39-/m1/s1. The SMILES string of the molecule is COc1ccccc1C(O)(c1ccccc1OC)[C@@H](CC(C)C)NC(=O)CC(=O)N[C@H](CC(C)C)C(O)(c1ccccc1OC)c1ccccc1OC. The van der Waals surface area contributed by atoms with Crippen LogP contribution in [0.5, 0.6) is 23.0 Å². The molecule has 0 aliphatic rings. The zero-order chi connectivity index (χ0) is 38.8. The van der Waals surface area contributed by atoms with Gasteiger partial charge in [0.15, 0.2) is 0 Å². The Morgan fingerprint density at radius 1 is 0.509 bits per heavy atom. The van der Waals surface area contributed by atoms with Crippen LogP contribution in [0.4, 0.5) is 0 Å². The monoisotopic (exact) mass is 726 g/mol. The van der Waals surface area contributed by atoms with Gasteiger partial charge >= 0.3 is 0 Å². The van der Waals surface area contributed by atoms with E-state index in [2.05, 4.69) is 10.6 Å².